The lowest BCUT2D eigenvalue weighted by atomic mass is 10.0. The highest BCUT2D eigenvalue weighted by Crippen LogP contribution is 2.39. The predicted octanol–water partition coefficient (Wildman–Crippen LogP) is 4.72. The Morgan fingerprint density at radius 2 is 1.96 bits per heavy atom. The van der Waals surface area contributed by atoms with E-state index < -0.39 is 0 Å². The molecule has 2 aliphatic rings. The predicted molar refractivity (Wildman–Crippen MR) is 107 cm³/mol. The molecule has 0 bridgehead atoms. The van der Waals surface area contributed by atoms with Crippen LogP contribution < -0.4 is 4.90 Å². The second-order valence-electron chi connectivity index (χ2n) is 6.03. The van der Waals surface area contributed by atoms with Gasteiger partial charge in [0.1, 0.15) is 9.23 Å². The van der Waals surface area contributed by atoms with Crippen LogP contribution in [-0.4, -0.2) is 28.2 Å². The summed E-state index contributed by atoms with van der Waals surface area (Å²) in [5.74, 6) is 0.0483. The number of hydrogen-bond donors (Lipinski definition) is 0. The van der Waals surface area contributed by atoms with Gasteiger partial charge < -0.3 is 4.90 Å². The summed E-state index contributed by atoms with van der Waals surface area (Å²) >= 11 is 6.87. The Kier molecular flexibility index (Phi) is 5.11. The second kappa shape index (κ2) is 7.11. The number of carbonyl (C=O) groups excluding carboxylic acids is 1. The molecule has 3 rings (SSSR count). The first-order chi connectivity index (χ1) is 11.6. The van der Waals surface area contributed by atoms with Gasteiger partial charge in [-0.25, -0.2) is 0 Å². The summed E-state index contributed by atoms with van der Waals surface area (Å²) in [6.07, 6.45) is 6.18. The number of thioether (sulfide) groups is 1. The quantitative estimate of drug-likeness (QED) is 0.574. The topological polar surface area (TPSA) is 23.6 Å². The maximum atomic E-state index is 12.8. The molecule has 1 aromatic carbocycles. The summed E-state index contributed by atoms with van der Waals surface area (Å²) in [6, 6.07) is 6.43. The van der Waals surface area contributed by atoms with E-state index >= 15 is 0 Å². The number of nitrogens with zero attached hydrogens (tertiary/aromatic N) is 2. The molecular weight excluding hydrogens is 336 g/mol. The van der Waals surface area contributed by atoms with Crippen molar-refractivity contribution in [2.75, 3.05) is 18.0 Å². The zero-order valence-corrected chi connectivity index (χ0v) is 16.0. The molecule has 1 aromatic rings. The van der Waals surface area contributed by atoms with Crippen LogP contribution >= 0.6 is 24.0 Å². The molecule has 2 heterocycles. The third kappa shape index (κ3) is 3.03. The monoisotopic (exact) mass is 358 g/mol. The van der Waals surface area contributed by atoms with Gasteiger partial charge in [-0.15, -0.1) is 0 Å². The Labute approximate surface area is 153 Å². The molecule has 0 unspecified atom stereocenters. The van der Waals surface area contributed by atoms with Gasteiger partial charge in [-0.05, 0) is 44.0 Å². The molecule has 0 spiro atoms. The molecule has 0 saturated carbocycles. The third-order valence-corrected chi connectivity index (χ3v) is 5.77. The molecule has 126 valence electrons. The lowest BCUT2D eigenvalue weighted by Gasteiger charge is -2.30. The van der Waals surface area contributed by atoms with Crippen molar-refractivity contribution in [2.24, 2.45) is 0 Å². The number of anilines is 1. The van der Waals surface area contributed by atoms with Crippen LogP contribution in [0.2, 0.25) is 0 Å². The summed E-state index contributed by atoms with van der Waals surface area (Å²) in [5.41, 5.74) is 4.55. The highest BCUT2D eigenvalue weighted by molar-refractivity contribution is 8.26. The fraction of sp³-hybridized carbons (Fsp3) is 0.368. The number of rotatable bonds is 4. The van der Waals surface area contributed by atoms with E-state index in [1.165, 1.54) is 22.9 Å². The molecule has 1 saturated heterocycles. The number of amides is 1. The van der Waals surface area contributed by atoms with Crippen LogP contribution in [0.3, 0.4) is 0 Å². The van der Waals surface area contributed by atoms with Crippen molar-refractivity contribution >= 4 is 46.0 Å². The van der Waals surface area contributed by atoms with E-state index in [0.717, 1.165) is 35.7 Å². The molecule has 1 fully saturated rings. The Hall–Kier alpha value is -1.59. The number of unbranched alkanes of at least 4 members (excludes halogenated alkanes) is 1. The van der Waals surface area contributed by atoms with Crippen LogP contribution in [0.25, 0.3) is 6.08 Å². The first-order valence-electron chi connectivity index (χ1n) is 8.41. The Morgan fingerprint density at radius 3 is 2.67 bits per heavy atom. The number of likely N-dealkylation sites (N-methyl/N-ethyl adjacent to an activating group) is 1. The van der Waals surface area contributed by atoms with E-state index in [9.17, 15) is 4.79 Å². The van der Waals surface area contributed by atoms with Gasteiger partial charge in [0, 0.05) is 18.8 Å². The van der Waals surface area contributed by atoms with Crippen LogP contribution in [0.4, 0.5) is 5.69 Å². The minimum absolute atomic E-state index is 0.0483. The lowest BCUT2D eigenvalue weighted by molar-refractivity contribution is -0.122. The minimum Gasteiger partial charge on any atom is -0.340 e. The molecule has 0 atom stereocenters. The molecule has 1 amide bonds. The standard InChI is InChI=1S/C19H22N2OS2/c1-4-6-11-21-18(22)17(24-19(21)23)16-10-8-14-12-13(3)7-9-15(14)20(16)5-2/h7-10,12H,4-6,11H2,1-3H3/b17-16-. The molecule has 5 heteroatoms. The average molecular weight is 359 g/mol. The van der Waals surface area contributed by atoms with E-state index in [-0.39, 0.29) is 5.91 Å². The number of carbonyl (C=O) groups is 1. The van der Waals surface area contributed by atoms with Crippen molar-refractivity contribution in [3.8, 4) is 0 Å². The number of aryl methyl sites for hydroxylation is 1. The first kappa shape index (κ1) is 17.2. The fourth-order valence-electron chi connectivity index (χ4n) is 3.04. The fourth-order valence-corrected chi connectivity index (χ4v) is 4.41. The van der Waals surface area contributed by atoms with Crippen molar-refractivity contribution < 1.29 is 4.79 Å². The average Bonchev–Trinajstić information content (AvgIpc) is 2.85. The Morgan fingerprint density at radius 1 is 1.17 bits per heavy atom. The smallest absolute Gasteiger partial charge is 0.268 e. The largest absolute Gasteiger partial charge is 0.340 e. The van der Waals surface area contributed by atoms with Crippen LogP contribution in [0.5, 0.6) is 0 Å². The first-order valence-corrected chi connectivity index (χ1v) is 9.63. The van der Waals surface area contributed by atoms with Gasteiger partial charge in [-0.1, -0.05) is 55.0 Å². The van der Waals surface area contributed by atoms with Gasteiger partial charge in [-0.2, -0.15) is 0 Å². The summed E-state index contributed by atoms with van der Waals surface area (Å²) in [4.78, 5) is 17.6. The van der Waals surface area contributed by atoms with Crippen molar-refractivity contribution in [3.63, 3.8) is 0 Å². The SMILES string of the molecule is CCCCN1C(=O)/C(=C2\C=Cc3cc(C)ccc3N2CC)SC1=S. The summed E-state index contributed by atoms with van der Waals surface area (Å²) in [6.45, 7) is 7.86. The molecule has 0 N–H and O–H groups in total. The molecule has 0 aromatic heterocycles. The van der Waals surface area contributed by atoms with E-state index in [1.54, 1.807) is 4.90 Å². The Bertz CT molecular complexity index is 752. The third-order valence-electron chi connectivity index (χ3n) is 4.32. The van der Waals surface area contributed by atoms with Gasteiger partial charge in [-0.3, -0.25) is 9.69 Å². The number of fused-ring (bicyclic) bond motifs is 1. The molecule has 2 aliphatic heterocycles. The lowest BCUT2D eigenvalue weighted by Crippen LogP contribution is -2.31. The molecule has 0 radical (unpaired) electrons. The summed E-state index contributed by atoms with van der Waals surface area (Å²) in [5, 5.41) is 0. The van der Waals surface area contributed by atoms with Crippen molar-refractivity contribution in [2.45, 2.75) is 33.6 Å². The maximum Gasteiger partial charge on any atom is 0.268 e. The van der Waals surface area contributed by atoms with Gasteiger partial charge in [0.05, 0.1) is 5.70 Å². The Balaban J connectivity index is 2.00. The van der Waals surface area contributed by atoms with E-state index in [4.69, 9.17) is 12.2 Å². The highest BCUT2D eigenvalue weighted by Gasteiger charge is 2.35. The summed E-state index contributed by atoms with van der Waals surface area (Å²) < 4.78 is 0.676. The van der Waals surface area contributed by atoms with Gasteiger partial charge in [0.2, 0.25) is 0 Å². The van der Waals surface area contributed by atoms with Crippen molar-refractivity contribution in [3.05, 3.63) is 46.0 Å². The number of hydrogen-bond acceptors (Lipinski definition) is 4. The number of benzene rings is 1. The van der Waals surface area contributed by atoms with Crippen LogP contribution in [0.1, 0.15) is 37.8 Å². The zero-order chi connectivity index (χ0) is 17.3. The molecular formula is C19H22N2OS2. The summed E-state index contributed by atoms with van der Waals surface area (Å²) in [7, 11) is 0. The molecule has 24 heavy (non-hydrogen) atoms. The second-order valence-corrected chi connectivity index (χ2v) is 7.68. The van der Waals surface area contributed by atoms with Crippen LogP contribution in [0.15, 0.2) is 34.9 Å². The molecule has 3 nitrogen and oxygen atoms in total. The van der Waals surface area contributed by atoms with Crippen molar-refractivity contribution in [1.82, 2.24) is 4.90 Å². The van der Waals surface area contributed by atoms with E-state index in [1.807, 2.05) is 0 Å². The maximum absolute atomic E-state index is 12.8. The van der Waals surface area contributed by atoms with Crippen LogP contribution in [0, 0.1) is 6.92 Å². The van der Waals surface area contributed by atoms with Gasteiger partial charge >= 0.3 is 0 Å². The van der Waals surface area contributed by atoms with Gasteiger partial charge in [0.25, 0.3) is 5.91 Å². The number of allylic oxidation sites excluding steroid dienone is 1. The number of thiocarbonyl (C=S) groups is 1. The van der Waals surface area contributed by atoms with Crippen LogP contribution in [-0.2, 0) is 4.79 Å². The van der Waals surface area contributed by atoms with E-state index in [0.29, 0.717) is 10.9 Å². The minimum atomic E-state index is 0.0483. The van der Waals surface area contributed by atoms with Gasteiger partial charge in [0.15, 0.2) is 0 Å². The van der Waals surface area contributed by atoms with E-state index in [2.05, 4.69) is 56.0 Å². The molecule has 0 aliphatic carbocycles. The normalized spacial score (nSPS) is 20.1. The zero-order valence-electron chi connectivity index (χ0n) is 14.3. The highest BCUT2D eigenvalue weighted by atomic mass is 32.2. The van der Waals surface area contributed by atoms with Crippen molar-refractivity contribution in [1.29, 1.82) is 0 Å².